The summed E-state index contributed by atoms with van der Waals surface area (Å²) in [6.45, 7) is 8.61. The van der Waals surface area contributed by atoms with Crippen LogP contribution in [0.1, 0.15) is 21.6 Å². The van der Waals surface area contributed by atoms with Crippen LogP contribution in [0.2, 0.25) is 0 Å². The summed E-state index contributed by atoms with van der Waals surface area (Å²) in [6.07, 6.45) is 3.78. The fraction of sp³-hybridized carbons (Fsp3) is 0.100. The van der Waals surface area contributed by atoms with E-state index in [0.29, 0.717) is 0 Å². The molecule has 0 unspecified atom stereocenters. The SMILES string of the molecule is Cc1cc2c(ccc3c4cc[c-]c(-c5cc(C)c(-c6c(C)cccc6C)cn5)c4oc23)s1.[Ir].[c-]1ccccc1-c1ccccn1. The van der Waals surface area contributed by atoms with Crippen LogP contribution in [0.15, 0.2) is 114 Å². The summed E-state index contributed by atoms with van der Waals surface area (Å²) in [4.78, 5) is 10.4. The normalized spacial score (nSPS) is 10.9. The summed E-state index contributed by atoms with van der Waals surface area (Å²) in [5.41, 5.74) is 11.8. The van der Waals surface area contributed by atoms with E-state index in [0.717, 1.165) is 44.5 Å². The summed E-state index contributed by atoms with van der Waals surface area (Å²) >= 11 is 1.80. The van der Waals surface area contributed by atoms with E-state index in [1.807, 2.05) is 54.7 Å². The van der Waals surface area contributed by atoms with Crippen LogP contribution >= 0.6 is 11.3 Å². The number of fused-ring (bicyclic) bond motifs is 5. The molecular formula is C40H30IrN2OS-2. The van der Waals surface area contributed by atoms with Gasteiger partial charge in [-0.3, -0.25) is 0 Å². The Morgan fingerprint density at radius 2 is 1.44 bits per heavy atom. The Bertz CT molecular complexity index is 2210. The molecule has 0 spiro atoms. The van der Waals surface area contributed by atoms with Gasteiger partial charge in [0.1, 0.15) is 5.58 Å². The molecule has 0 saturated heterocycles. The van der Waals surface area contributed by atoms with E-state index in [1.54, 1.807) is 17.5 Å². The first-order valence-corrected chi connectivity index (χ1v) is 15.5. The van der Waals surface area contributed by atoms with Crippen molar-refractivity contribution in [3.8, 4) is 33.6 Å². The fourth-order valence-corrected chi connectivity index (χ4v) is 6.82. The number of aryl methyl sites for hydroxylation is 4. The van der Waals surface area contributed by atoms with Crippen LogP contribution < -0.4 is 0 Å². The first kappa shape index (κ1) is 30.6. The largest absolute Gasteiger partial charge is 0.500 e. The van der Waals surface area contributed by atoms with Crippen LogP contribution in [0, 0.1) is 39.8 Å². The standard InChI is InChI=1S/C29H22NOS.C11H8N.Ir/c1-16-7-5-8-17(2)27(16)24-15-30-25(13-18(24)3)22-10-6-9-20-21-11-12-26-23(14-19(4)32-26)29(21)31-28(20)22;1-2-6-10(7-3-1)11-8-4-5-9-12-11;/h5-9,11-15H,1-4H3;1-6,8-9H;/q2*-1;. The van der Waals surface area contributed by atoms with E-state index < -0.39 is 0 Å². The molecule has 45 heavy (non-hydrogen) atoms. The number of benzene rings is 4. The molecule has 8 rings (SSSR count). The quantitative estimate of drug-likeness (QED) is 0.168. The Balaban J connectivity index is 0.000000231. The molecular weight excluding hydrogens is 749 g/mol. The molecule has 5 heteroatoms. The van der Waals surface area contributed by atoms with Gasteiger partial charge in [-0.05, 0) is 79.5 Å². The Morgan fingerprint density at radius 1 is 0.644 bits per heavy atom. The molecule has 0 aliphatic rings. The maximum Gasteiger partial charge on any atom is 0.129 e. The van der Waals surface area contributed by atoms with Gasteiger partial charge >= 0.3 is 0 Å². The van der Waals surface area contributed by atoms with Crippen molar-refractivity contribution in [1.82, 2.24) is 9.97 Å². The zero-order valence-electron chi connectivity index (χ0n) is 25.4. The number of rotatable bonds is 3. The van der Waals surface area contributed by atoms with Crippen molar-refractivity contribution in [2.24, 2.45) is 0 Å². The van der Waals surface area contributed by atoms with Gasteiger partial charge in [0.25, 0.3) is 0 Å². The van der Waals surface area contributed by atoms with Crippen LogP contribution in [0.5, 0.6) is 0 Å². The van der Waals surface area contributed by atoms with Gasteiger partial charge in [-0.25, -0.2) is 0 Å². The number of furan rings is 1. The van der Waals surface area contributed by atoms with Gasteiger partial charge in [0.15, 0.2) is 0 Å². The van der Waals surface area contributed by atoms with Crippen molar-refractivity contribution in [1.29, 1.82) is 0 Å². The fourth-order valence-electron chi connectivity index (χ4n) is 5.90. The molecule has 0 N–H and O–H groups in total. The van der Waals surface area contributed by atoms with Crippen molar-refractivity contribution in [3.05, 3.63) is 143 Å². The Kier molecular flexibility index (Phi) is 8.78. The maximum absolute atomic E-state index is 6.49. The molecule has 8 aromatic rings. The van der Waals surface area contributed by atoms with Crippen molar-refractivity contribution in [3.63, 3.8) is 0 Å². The molecule has 0 aliphatic carbocycles. The molecule has 0 saturated carbocycles. The molecule has 0 atom stereocenters. The smallest absolute Gasteiger partial charge is 0.129 e. The number of hydrogen-bond acceptors (Lipinski definition) is 4. The zero-order chi connectivity index (χ0) is 30.2. The number of hydrogen-bond donors (Lipinski definition) is 0. The minimum Gasteiger partial charge on any atom is -0.500 e. The summed E-state index contributed by atoms with van der Waals surface area (Å²) in [7, 11) is 0. The Hall–Kier alpha value is -4.41. The van der Waals surface area contributed by atoms with Gasteiger partial charge in [0.05, 0.1) is 5.58 Å². The second-order valence-corrected chi connectivity index (χ2v) is 12.3. The minimum atomic E-state index is 0. The molecule has 4 heterocycles. The van der Waals surface area contributed by atoms with Crippen LogP contribution in [-0.2, 0) is 20.1 Å². The van der Waals surface area contributed by atoms with Gasteiger partial charge in [0, 0.05) is 58.4 Å². The van der Waals surface area contributed by atoms with E-state index in [9.17, 15) is 0 Å². The first-order chi connectivity index (χ1) is 21.5. The van der Waals surface area contributed by atoms with Gasteiger partial charge in [-0.1, -0.05) is 53.4 Å². The third-order valence-corrected chi connectivity index (χ3v) is 9.00. The molecule has 4 aromatic heterocycles. The van der Waals surface area contributed by atoms with E-state index in [-0.39, 0.29) is 20.1 Å². The van der Waals surface area contributed by atoms with Crippen LogP contribution in [0.4, 0.5) is 0 Å². The third-order valence-electron chi connectivity index (χ3n) is 7.99. The summed E-state index contributed by atoms with van der Waals surface area (Å²) in [6, 6.07) is 39.5. The van der Waals surface area contributed by atoms with Crippen molar-refractivity contribution in [2.75, 3.05) is 0 Å². The Labute approximate surface area is 281 Å². The molecule has 0 bridgehead atoms. The molecule has 0 amide bonds. The van der Waals surface area contributed by atoms with Crippen LogP contribution in [0.25, 0.3) is 65.7 Å². The topological polar surface area (TPSA) is 38.9 Å². The van der Waals surface area contributed by atoms with Gasteiger partial charge in [0.2, 0.25) is 0 Å². The van der Waals surface area contributed by atoms with Crippen molar-refractivity contribution in [2.45, 2.75) is 27.7 Å². The number of thiophene rings is 1. The Morgan fingerprint density at radius 3 is 2.18 bits per heavy atom. The molecule has 223 valence electrons. The molecule has 0 fully saturated rings. The van der Waals surface area contributed by atoms with Crippen LogP contribution in [-0.4, -0.2) is 9.97 Å². The van der Waals surface area contributed by atoms with E-state index >= 15 is 0 Å². The van der Waals surface area contributed by atoms with Gasteiger partial charge < -0.3 is 14.4 Å². The van der Waals surface area contributed by atoms with E-state index in [1.165, 1.54) is 42.8 Å². The number of nitrogens with zero attached hydrogens (tertiary/aromatic N) is 2. The third kappa shape index (κ3) is 5.87. The number of pyridine rings is 2. The van der Waals surface area contributed by atoms with E-state index in [2.05, 4.69) is 93.3 Å². The van der Waals surface area contributed by atoms with Crippen LogP contribution in [0.3, 0.4) is 0 Å². The second kappa shape index (κ2) is 12.9. The monoisotopic (exact) mass is 779 g/mol. The van der Waals surface area contributed by atoms with Crippen molar-refractivity contribution < 1.29 is 24.5 Å². The molecule has 3 nitrogen and oxygen atoms in total. The molecule has 4 aromatic carbocycles. The van der Waals surface area contributed by atoms with Crippen molar-refractivity contribution >= 4 is 43.4 Å². The van der Waals surface area contributed by atoms with Gasteiger partial charge in [-0.2, -0.15) is 0 Å². The predicted octanol–water partition coefficient (Wildman–Crippen LogP) is 11.1. The van der Waals surface area contributed by atoms with E-state index in [4.69, 9.17) is 9.40 Å². The summed E-state index contributed by atoms with van der Waals surface area (Å²) in [5, 5.41) is 3.43. The molecule has 0 aliphatic heterocycles. The average molecular weight is 779 g/mol. The summed E-state index contributed by atoms with van der Waals surface area (Å²) < 4.78 is 7.75. The summed E-state index contributed by atoms with van der Waals surface area (Å²) in [5.74, 6) is 0. The number of aromatic nitrogens is 2. The minimum absolute atomic E-state index is 0. The molecule has 1 radical (unpaired) electrons. The first-order valence-electron chi connectivity index (χ1n) is 14.7. The second-order valence-electron chi connectivity index (χ2n) is 11.1. The zero-order valence-corrected chi connectivity index (χ0v) is 28.6. The van der Waals surface area contributed by atoms with Gasteiger partial charge in [-0.15, -0.1) is 65.4 Å². The predicted molar refractivity (Wildman–Crippen MR) is 184 cm³/mol. The maximum atomic E-state index is 6.49. The average Bonchev–Trinajstić information content (AvgIpc) is 3.63.